The molecule has 0 fully saturated rings. The SMILES string of the molecule is CO[C@H](CCO)CCCO. The third-order valence-electron chi connectivity index (χ3n) is 1.47. The molecule has 0 rings (SSSR count). The van der Waals surface area contributed by atoms with E-state index < -0.39 is 0 Å². The minimum absolute atomic E-state index is 0.108. The van der Waals surface area contributed by atoms with Crippen LogP contribution in [0.5, 0.6) is 0 Å². The van der Waals surface area contributed by atoms with Crippen LogP contribution in [0.1, 0.15) is 19.3 Å². The second-order valence-corrected chi connectivity index (χ2v) is 2.24. The van der Waals surface area contributed by atoms with Gasteiger partial charge in [-0.05, 0) is 19.3 Å². The highest BCUT2D eigenvalue weighted by Gasteiger charge is 2.04. The van der Waals surface area contributed by atoms with Crippen molar-refractivity contribution in [1.82, 2.24) is 0 Å². The van der Waals surface area contributed by atoms with Gasteiger partial charge in [0.05, 0.1) is 6.10 Å². The van der Waals surface area contributed by atoms with Crippen LogP contribution in [0.15, 0.2) is 0 Å². The molecular weight excluding hydrogens is 132 g/mol. The zero-order valence-electron chi connectivity index (χ0n) is 6.42. The third kappa shape index (κ3) is 4.73. The number of hydrogen-bond acceptors (Lipinski definition) is 3. The van der Waals surface area contributed by atoms with Crippen LogP contribution in [0.25, 0.3) is 0 Å². The highest BCUT2D eigenvalue weighted by atomic mass is 16.5. The molecule has 2 N–H and O–H groups in total. The molecule has 0 aromatic rings. The molecule has 62 valence electrons. The summed E-state index contributed by atoms with van der Waals surface area (Å²) in [5, 5.41) is 17.0. The van der Waals surface area contributed by atoms with Gasteiger partial charge in [-0.25, -0.2) is 0 Å². The van der Waals surface area contributed by atoms with Gasteiger partial charge in [-0.2, -0.15) is 0 Å². The maximum atomic E-state index is 8.52. The molecular formula is C7H16O3. The van der Waals surface area contributed by atoms with Crippen LogP contribution in [0, 0.1) is 0 Å². The van der Waals surface area contributed by atoms with Gasteiger partial charge >= 0.3 is 0 Å². The van der Waals surface area contributed by atoms with Crippen molar-refractivity contribution >= 4 is 0 Å². The first kappa shape index (κ1) is 9.88. The van der Waals surface area contributed by atoms with Crippen molar-refractivity contribution in [2.45, 2.75) is 25.4 Å². The third-order valence-corrected chi connectivity index (χ3v) is 1.47. The molecule has 0 heterocycles. The fourth-order valence-corrected chi connectivity index (χ4v) is 0.843. The molecule has 3 heteroatoms. The van der Waals surface area contributed by atoms with Crippen LogP contribution in [-0.4, -0.2) is 36.6 Å². The minimum atomic E-state index is 0.108. The van der Waals surface area contributed by atoms with E-state index in [4.69, 9.17) is 14.9 Å². The summed E-state index contributed by atoms with van der Waals surface area (Å²) < 4.78 is 5.02. The molecule has 0 aromatic heterocycles. The maximum absolute atomic E-state index is 8.52. The normalized spacial score (nSPS) is 13.5. The second kappa shape index (κ2) is 6.99. The van der Waals surface area contributed by atoms with E-state index in [2.05, 4.69) is 0 Å². The minimum Gasteiger partial charge on any atom is -0.396 e. The number of hydrogen-bond donors (Lipinski definition) is 2. The Hall–Kier alpha value is -0.120. The first-order chi connectivity index (χ1) is 4.85. The van der Waals surface area contributed by atoms with E-state index in [0.29, 0.717) is 6.42 Å². The lowest BCUT2D eigenvalue weighted by Crippen LogP contribution is -2.12. The fourth-order valence-electron chi connectivity index (χ4n) is 0.843. The number of aliphatic hydroxyl groups excluding tert-OH is 2. The molecule has 0 aliphatic rings. The van der Waals surface area contributed by atoms with Crippen LogP contribution < -0.4 is 0 Å². The van der Waals surface area contributed by atoms with Gasteiger partial charge in [-0.15, -0.1) is 0 Å². The number of ether oxygens (including phenoxy) is 1. The Morgan fingerprint density at radius 1 is 1.20 bits per heavy atom. The fraction of sp³-hybridized carbons (Fsp3) is 1.00. The monoisotopic (exact) mass is 148 g/mol. The highest BCUT2D eigenvalue weighted by Crippen LogP contribution is 2.04. The Kier molecular flexibility index (Phi) is 6.91. The lowest BCUT2D eigenvalue weighted by molar-refractivity contribution is 0.0654. The van der Waals surface area contributed by atoms with Crippen molar-refractivity contribution in [3.8, 4) is 0 Å². The van der Waals surface area contributed by atoms with Gasteiger partial charge in [-0.3, -0.25) is 0 Å². The van der Waals surface area contributed by atoms with Crippen LogP contribution in [0.2, 0.25) is 0 Å². The molecule has 0 saturated carbocycles. The van der Waals surface area contributed by atoms with Crippen LogP contribution in [-0.2, 0) is 4.74 Å². The van der Waals surface area contributed by atoms with E-state index in [-0.39, 0.29) is 19.3 Å². The summed E-state index contributed by atoms with van der Waals surface area (Å²) in [7, 11) is 1.62. The van der Waals surface area contributed by atoms with Gasteiger partial charge in [0.15, 0.2) is 0 Å². The molecule has 0 radical (unpaired) electrons. The quantitative estimate of drug-likeness (QED) is 0.564. The zero-order valence-corrected chi connectivity index (χ0v) is 6.42. The van der Waals surface area contributed by atoms with Crippen molar-refractivity contribution in [3.63, 3.8) is 0 Å². The van der Waals surface area contributed by atoms with Crippen LogP contribution >= 0.6 is 0 Å². The van der Waals surface area contributed by atoms with Crippen molar-refractivity contribution < 1.29 is 14.9 Å². The van der Waals surface area contributed by atoms with Gasteiger partial charge in [0, 0.05) is 20.3 Å². The maximum Gasteiger partial charge on any atom is 0.0594 e. The first-order valence-electron chi connectivity index (χ1n) is 3.59. The zero-order chi connectivity index (χ0) is 7.82. The summed E-state index contributed by atoms with van der Waals surface area (Å²) in [6.07, 6.45) is 2.35. The molecule has 0 saturated heterocycles. The van der Waals surface area contributed by atoms with Crippen LogP contribution in [0.4, 0.5) is 0 Å². The van der Waals surface area contributed by atoms with E-state index in [0.717, 1.165) is 12.8 Å². The summed E-state index contributed by atoms with van der Waals surface area (Å²) in [6, 6.07) is 0. The Labute approximate surface area is 61.6 Å². The summed E-state index contributed by atoms with van der Waals surface area (Å²) in [5.74, 6) is 0. The first-order valence-corrected chi connectivity index (χ1v) is 3.59. The Morgan fingerprint density at radius 3 is 2.30 bits per heavy atom. The molecule has 3 nitrogen and oxygen atoms in total. The van der Waals surface area contributed by atoms with E-state index >= 15 is 0 Å². The standard InChI is InChI=1S/C7H16O3/c1-10-7(4-6-9)3-2-5-8/h7-9H,2-6H2,1H3/t7-/m0/s1. The number of methoxy groups -OCH3 is 1. The topological polar surface area (TPSA) is 49.7 Å². The molecule has 0 aliphatic heterocycles. The summed E-state index contributed by atoms with van der Waals surface area (Å²) >= 11 is 0. The van der Waals surface area contributed by atoms with Gasteiger partial charge in [-0.1, -0.05) is 0 Å². The molecule has 0 bridgehead atoms. The van der Waals surface area contributed by atoms with E-state index in [1.807, 2.05) is 0 Å². The summed E-state index contributed by atoms with van der Waals surface area (Å²) in [5.41, 5.74) is 0. The van der Waals surface area contributed by atoms with Gasteiger partial charge < -0.3 is 14.9 Å². The Balaban J connectivity index is 3.21. The van der Waals surface area contributed by atoms with Gasteiger partial charge in [0.1, 0.15) is 0 Å². The van der Waals surface area contributed by atoms with E-state index in [1.165, 1.54) is 0 Å². The second-order valence-electron chi connectivity index (χ2n) is 2.24. The smallest absolute Gasteiger partial charge is 0.0594 e. The van der Waals surface area contributed by atoms with Crippen molar-refractivity contribution in [2.24, 2.45) is 0 Å². The van der Waals surface area contributed by atoms with Crippen molar-refractivity contribution in [2.75, 3.05) is 20.3 Å². The molecule has 0 spiro atoms. The Morgan fingerprint density at radius 2 is 1.90 bits per heavy atom. The largest absolute Gasteiger partial charge is 0.396 e. The van der Waals surface area contributed by atoms with E-state index in [1.54, 1.807) is 7.11 Å². The summed E-state index contributed by atoms with van der Waals surface area (Å²) in [4.78, 5) is 0. The molecule has 10 heavy (non-hydrogen) atoms. The summed E-state index contributed by atoms with van der Waals surface area (Å²) in [6.45, 7) is 0.356. The van der Waals surface area contributed by atoms with E-state index in [9.17, 15) is 0 Å². The van der Waals surface area contributed by atoms with Crippen molar-refractivity contribution in [1.29, 1.82) is 0 Å². The molecule has 0 aromatic carbocycles. The lowest BCUT2D eigenvalue weighted by Gasteiger charge is -2.11. The average molecular weight is 148 g/mol. The molecule has 0 aliphatic carbocycles. The van der Waals surface area contributed by atoms with Gasteiger partial charge in [0.25, 0.3) is 0 Å². The lowest BCUT2D eigenvalue weighted by atomic mass is 10.1. The van der Waals surface area contributed by atoms with Crippen molar-refractivity contribution in [3.05, 3.63) is 0 Å². The average Bonchev–Trinajstić information content (AvgIpc) is 1.98. The number of aliphatic hydroxyl groups is 2. The molecule has 0 amide bonds. The highest BCUT2D eigenvalue weighted by molar-refractivity contribution is 4.55. The predicted molar refractivity (Wildman–Crippen MR) is 38.8 cm³/mol. The van der Waals surface area contributed by atoms with Crippen LogP contribution in [0.3, 0.4) is 0 Å². The molecule has 0 unspecified atom stereocenters. The Bertz CT molecular complexity index is 65.9. The number of rotatable bonds is 6. The molecule has 1 atom stereocenters. The van der Waals surface area contributed by atoms with Gasteiger partial charge in [0.2, 0.25) is 0 Å². The predicted octanol–water partition coefficient (Wildman–Crippen LogP) is 0.156.